The number of rotatable bonds is 6. The lowest BCUT2D eigenvalue weighted by Crippen LogP contribution is -2.50. The van der Waals surface area contributed by atoms with Crippen molar-refractivity contribution >= 4 is 34.2 Å². The Bertz CT molecular complexity index is 1170. The van der Waals surface area contributed by atoms with Crippen LogP contribution in [0.5, 0.6) is 0 Å². The van der Waals surface area contributed by atoms with Crippen LogP contribution in [0.2, 0.25) is 5.02 Å². The molecule has 0 aliphatic carbocycles. The van der Waals surface area contributed by atoms with Crippen LogP contribution in [0.4, 0.5) is 23.4 Å². The van der Waals surface area contributed by atoms with Crippen molar-refractivity contribution in [1.29, 1.82) is 0 Å². The Morgan fingerprint density at radius 3 is 2.66 bits per heavy atom. The molecule has 2 heterocycles. The van der Waals surface area contributed by atoms with Gasteiger partial charge >= 0.3 is 6.18 Å². The van der Waals surface area contributed by atoms with Gasteiger partial charge in [-0.05, 0) is 29.8 Å². The van der Waals surface area contributed by atoms with Crippen LogP contribution in [0.15, 0.2) is 42.7 Å². The summed E-state index contributed by atoms with van der Waals surface area (Å²) in [5.74, 6) is -0.359. The van der Waals surface area contributed by atoms with Gasteiger partial charge in [0.15, 0.2) is 0 Å². The Morgan fingerprint density at radius 2 is 2.00 bits per heavy atom. The van der Waals surface area contributed by atoms with Gasteiger partial charge in [-0.1, -0.05) is 23.7 Å². The molecule has 6 nitrogen and oxygen atoms in total. The van der Waals surface area contributed by atoms with Crippen LogP contribution in [0.3, 0.4) is 0 Å². The molecule has 2 aromatic carbocycles. The SMILES string of the molecule is NC(=O)c1cccc2c(NC(CN3CC(F)C3)c3ccc(Cl)c(C(F)(F)F)c3)ncnc12. The lowest BCUT2D eigenvalue weighted by molar-refractivity contribution is -0.137. The number of fused-ring (bicyclic) bond motifs is 1. The molecule has 1 aliphatic heterocycles. The fourth-order valence-corrected chi connectivity index (χ4v) is 3.92. The molecule has 0 bridgehead atoms. The molecule has 0 spiro atoms. The maximum atomic E-state index is 13.4. The Morgan fingerprint density at radius 1 is 1.25 bits per heavy atom. The van der Waals surface area contributed by atoms with E-state index in [9.17, 15) is 22.4 Å². The van der Waals surface area contributed by atoms with Crippen molar-refractivity contribution in [3.63, 3.8) is 0 Å². The van der Waals surface area contributed by atoms with E-state index in [0.29, 0.717) is 22.3 Å². The van der Waals surface area contributed by atoms with Crippen molar-refractivity contribution in [3.8, 4) is 0 Å². The first-order valence-electron chi connectivity index (χ1n) is 9.66. The minimum Gasteiger partial charge on any atom is -0.366 e. The number of benzene rings is 2. The summed E-state index contributed by atoms with van der Waals surface area (Å²) in [5, 5.41) is 3.21. The van der Waals surface area contributed by atoms with Crippen molar-refractivity contribution in [2.45, 2.75) is 18.4 Å². The molecule has 1 saturated heterocycles. The number of carbonyl (C=O) groups is 1. The molecule has 3 N–H and O–H groups in total. The van der Waals surface area contributed by atoms with E-state index >= 15 is 0 Å². The number of nitrogens with one attached hydrogen (secondary N) is 1. The number of primary amides is 1. The van der Waals surface area contributed by atoms with Gasteiger partial charge in [-0.25, -0.2) is 14.4 Å². The molecule has 0 radical (unpaired) electrons. The maximum Gasteiger partial charge on any atom is 0.417 e. The number of likely N-dealkylation sites (tertiary alicyclic amines) is 1. The third-order valence-corrected chi connectivity index (χ3v) is 5.62. The van der Waals surface area contributed by atoms with E-state index in [2.05, 4.69) is 15.3 Å². The topological polar surface area (TPSA) is 84.1 Å². The molecular formula is C21H18ClF4N5O. The van der Waals surface area contributed by atoms with Crippen LogP contribution >= 0.6 is 11.6 Å². The average Bonchev–Trinajstić information content (AvgIpc) is 2.71. The molecule has 0 saturated carbocycles. The van der Waals surface area contributed by atoms with Crippen LogP contribution in [0.1, 0.15) is 27.5 Å². The van der Waals surface area contributed by atoms with E-state index in [1.807, 2.05) is 0 Å². The Kier molecular flexibility index (Phi) is 5.91. The number of nitrogens with two attached hydrogens (primary N) is 1. The summed E-state index contributed by atoms with van der Waals surface area (Å²) in [6, 6.07) is 7.78. The van der Waals surface area contributed by atoms with Crippen molar-refractivity contribution < 1.29 is 22.4 Å². The number of para-hydroxylation sites is 1. The van der Waals surface area contributed by atoms with Crippen molar-refractivity contribution in [2.75, 3.05) is 25.0 Å². The number of anilines is 1. The molecule has 1 fully saturated rings. The highest BCUT2D eigenvalue weighted by molar-refractivity contribution is 6.31. The average molecular weight is 468 g/mol. The highest BCUT2D eigenvalue weighted by Crippen LogP contribution is 2.37. The number of hydrogen-bond acceptors (Lipinski definition) is 5. The number of amides is 1. The van der Waals surface area contributed by atoms with E-state index < -0.39 is 34.9 Å². The van der Waals surface area contributed by atoms with Crippen LogP contribution in [-0.2, 0) is 6.18 Å². The number of aromatic nitrogens is 2. The molecular weight excluding hydrogens is 450 g/mol. The molecule has 4 rings (SSSR count). The second kappa shape index (κ2) is 8.51. The van der Waals surface area contributed by atoms with Gasteiger partial charge in [0.05, 0.1) is 27.7 Å². The molecule has 11 heteroatoms. The number of nitrogens with zero attached hydrogens (tertiary/aromatic N) is 3. The minimum absolute atomic E-state index is 0.189. The summed E-state index contributed by atoms with van der Waals surface area (Å²) in [6.07, 6.45) is -4.36. The zero-order valence-corrected chi connectivity index (χ0v) is 17.3. The first-order chi connectivity index (χ1) is 15.1. The molecule has 1 unspecified atom stereocenters. The van der Waals surface area contributed by atoms with Crippen LogP contribution in [-0.4, -0.2) is 46.6 Å². The molecule has 3 aromatic rings. The Labute approximate surface area is 185 Å². The van der Waals surface area contributed by atoms with E-state index in [-0.39, 0.29) is 25.2 Å². The van der Waals surface area contributed by atoms with Crippen molar-refractivity contribution in [1.82, 2.24) is 14.9 Å². The Balaban J connectivity index is 1.74. The fraction of sp³-hybridized carbons (Fsp3) is 0.286. The van der Waals surface area contributed by atoms with Crippen LogP contribution in [0, 0.1) is 0 Å². The number of halogens is 5. The van der Waals surface area contributed by atoms with Crippen molar-refractivity contribution in [2.24, 2.45) is 5.73 Å². The second-order valence-corrected chi connectivity index (χ2v) is 7.95. The van der Waals surface area contributed by atoms with Gasteiger partial charge < -0.3 is 11.1 Å². The lowest BCUT2D eigenvalue weighted by Gasteiger charge is -2.37. The highest BCUT2D eigenvalue weighted by atomic mass is 35.5. The van der Waals surface area contributed by atoms with E-state index in [0.717, 1.165) is 6.07 Å². The van der Waals surface area contributed by atoms with E-state index in [4.69, 9.17) is 17.3 Å². The first-order valence-corrected chi connectivity index (χ1v) is 10.0. The standard InChI is InChI=1S/C21H18ClF4N5O/c22-16-5-4-11(6-15(16)21(24,25)26)17(9-31-7-12(23)8-31)30-20-14-3-1-2-13(19(27)32)18(14)28-10-29-20/h1-6,10,12,17H,7-9H2,(H2,27,32)(H,28,29,30). The van der Waals surface area contributed by atoms with Crippen molar-refractivity contribution in [3.05, 3.63) is 64.4 Å². The zero-order chi connectivity index (χ0) is 23.0. The van der Waals surface area contributed by atoms with Gasteiger partial charge in [-0.15, -0.1) is 0 Å². The number of carbonyl (C=O) groups excluding carboxylic acids is 1. The van der Waals surface area contributed by atoms with Crippen LogP contribution in [0.25, 0.3) is 10.9 Å². The molecule has 32 heavy (non-hydrogen) atoms. The second-order valence-electron chi connectivity index (χ2n) is 7.54. The minimum atomic E-state index is -4.63. The third-order valence-electron chi connectivity index (χ3n) is 5.29. The smallest absolute Gasteiger partial charge is 0.366 e. The summed E-state index contributed by atoms with van der Waals surface area (Å²) in [7, 11) is 0. The van der Waals surface area contributed by atoms with Gasteiger partial charge in [-0.2, -0.15) is 13.2 Å². The summed E-state index contributed by atoms with van der Waals surface area (Å²) in [4.78, 5) is 21.8. The van der Waals surface area contributed by atoms with Gasteiger partial charge in [0.1, 0.15) is 18.3 Å². The normalized spacial score (nSPS) is 16.0. The first kappa shape index (κ1) is 22.2. The van der Waals surface area contributed by atoms with Crippen LogP contribution < -0.4 is 11.1 Å². The van der Waals surface area contributed by atoms with Gasteiger partial charge in [0.2, 0.25) is 0 Å². The predicted octanol–water partition coefficient (Wildman–Crippen LogP) is 4.21. The van der Waals surface area contributed by atoms with E-state index in [1.54, 1.807) is 17.0 Å². The summed E-state index contributed by atoms with van der Waals surface area (Å²) >= 11 is 5.77. The monoisotopic (exact) mass is 467 g/mol. The summed E-state index contributed by atoms with van der Waals surface area (Å²) in [6.45, 7) is 0.614. The molecule has 168 valence electrons. The molecule has 1 aliphatic rings. The predicted molar refractivity (Wildman–Crippen MR) is 112 cm³/mol. The maximum absolute atomic E-state index is 13.4. The number of hydrogen-bond donors (Lipinski definition) is 2. The summed E-state index contributed by atoms with van der Waals surface area (Å²) in [5.41, 5.74) is 5.27. The largest absolute Gasteiger partial charge is 0.417 e. The van der Waals surface area contributed by atoms with Gasteiger partial charge in [0.25, 0.3) is 5.91 Å². The fourth-order valence-electron chi connectivity index (χ4n) is 3.69. The molecule has 1 atom stereocenters. The zero-order valence-electron chi connectivity index (χ0n) is 16.5. The van der Waals surface area contributed by atoms with Gasteiger partial charge in [-0.3, -0.25) is 9.69 Å². The quantitative estimate of drug-likeness (QED) is 0.531. The Hall–Kier alpha value is -2.98. The summed E-state index contributed by atoms with van der Waals surface area (Å²) < 4.78 is 53.6. The van der Waals surface area contributed by atoms with Gasteiger partial charge in [0, 0.05) is 25.0 Å². The molecule has 1 aromatic heterocycles. The highest BCUT2D eigenvalue weighted by Gasteiger charge is 2.35. The third kappa shape index (κ3) is 4.46. The number of alkyl halides is 4. The lowest BCUT2D eigenvalue weighted by atomic mass is 10.0. The van der Waals surface area contributed by atoms with E-state index in [1.165, 1.54) is 24.5 Å². The molecule has 1 amide bonds.